The Morgan fingerprint density at radius 2 is 2.13 bits per heavy atom. The van der Waals surface area contributed by atoms with Gasteiger partial charge in [0.2, 0.25) is 0 Å². The van der Waals surface area contributed by atoms with Gasteiger partial charge >= 0.3 is 11.9 Å². The number of carbonyl (C=O) groups is 2. The van der Waals surface area contributed by atoms with Crippen LogP contribution in [0.15, 0.2) is 0 Å². The van der Waals surface area contributed by atoms with Crippen LogP contribution in [0.25, 0.3) is 0 Å². The van der Waals surface area contributed by atoms with Gasteiger partial charge in [-0.2, -0.15) is 0 Å². The molecule has 15 heavy (non-hydrogen) atoms. The summed E-state index contributed by atoms with van der Waals surface area (Å²) >= 11 is 0. The molecule has 1 rings (SSSR count). The molecular formula is C10H17NO4. The Balaban J connectivity index is 2.58. The Hall–Kier alpha value is -1.10. The number of hydrogen-bond donors (Lipinski definition) is 1. The first-order valence-electron chi connectivity index (χ1n) is 5.10. The number of ether oxygens (including phenoxy) is 1. The summed E-state index contributed by atoms with van der Waals surface area (Å²) in [5.74, 6) is -1.75. The summed E-state index contributed by atoms with van der Waals surface area (Å²) in [5.41, 5.74) is 0. The lowest BCUT2D eigenvalue weighted by Crippen LogP contribution is -2.45. The van der Waals surface area contributed by atoms with E-state index in [9.17, 15) is 9.59 Å². The van der Waals surface area contributed by atoms with Crippen LogP contribution in [0.4, 0.5) is 0 Å². The van der Waals surface area contributed by atoms with Crippen LogP contribution in [0.2, 0.25) is 0 Å². The molecule has 5 nitrogen and oxygen atoms in total. The second-order valence-corrected chi connectivity index (χ2v) is 3.87. The third-order valence-electron chi connectivity index (χ3n) is 2.78. The van der Waals surface area contributed by atoms with Gasteiger partial charge in [-0.05, 0) is 25.7 Å². The van der Waals surface area contributed by atoms with Crippen molar-refractivity contribution in [2.45, 2.75) is 25.8 Å². The maximum Gasteiger partial charge on any atom is 0.394 e. The van der Waals surface area contributed by atoms with Gasteiger partial charge in [0.25, 0.3) is 0 Å². The van der Waals surface area contributed by atoms with E-state index < -0.39 is 11.9 Å². The molecule has 1 aliphatic rings. The molecule has 1 unspecified atom stereocenters. The van der Waals surface area contributed by atoms with E-state index in [1.54, 1.807) is 0 Å². The molecule has 1 N–H and O–H groups in total. The van der Waals surface area contributed by atoms with Crippen molar-refractivity contribution in [3.05, 3.63) is 0 Å². The number of methoxy groups -OCH3 is 1. The zero-order valence-corrected chi connectivity index (χ0v) is 9.10. The van der Waals surface area contributed by atoms with Crippen LogP contribution >= 0.6 is 0 Å². The summed E-state index contributed by atoms with van der Waals surface area (Å²) in [6, 6.07) is 0.00347. The summed E-state index contributed by atoms with van der Waals surface area (Å²) in [5, 5.41) is 8.67. The van der Waals surface area contributed by atoms with Crippen molar-refractivity contribution in [3.8, 4) is 0 Å². The van der Waals surface area contributed by atoms with Crippen molar-refractivity contribution >= 4 is 11.9 Å². The highest BCUT2D eigenvalue weighted by molar-refractivity contribution is 6.31. The lowest BCUT2D eigenvalue weighted by atomic mass is 10.2. The highest BCUT2D eigenvalue weighted by Crippen LogP contribution is 2.35. The fourth-order valence-electron chi connectivity index (χ4n) is 1.64. The van der Waals surface area contributed by atoms with E-state index in [0.29, 0.717) is 19.1 Å². The molecule has 1 amide bonds. The minimum atomic E-state index is -1.39. The fourth-order valence-corrected chi connectivity index (χ4v) is 1.64. The molecule has 0 spiro atoms. The number of rotatable bonds is 5. The molecule has 0 aliphatic heterocycles. The SMILES string of the molecule is COCCN(C(=O)C(=O)O)C(C)C1CC1. The van der Waals surface area contributed by atoms with Crippen molar-refractivity contribution in [1.29, 1.82) is 0 Å². The zero-order chi connectivity index (χ0) is 11.4. The van der Waals surface area contributed by atoms with Crippen LogP contribution < -0.4 is 0 Å². The van der Waals surface area contributed by atoms with Gasteiger partial charge in [0.05, 0.1) is 6.61 Å². The second-order valence-electron chi connectivity index (χ2n) is 3.87. The van der Waals surface area contributed by atoms with Crippen molar-refractivity contribution in [2.75, 3.05) is 20.3 Å². The monoisotopic (exact) mass is 215 g/mol. The Kier molecular flexibility index (Phi) is 4.08. The van der Waals surface area contributed by atoms with E-state index in [1.165, 1.54) is 12.0 Å². The van der Waals surface area contributed by atoms with Gasteiger partial charge in [-0.3, -0.25) is 4.79 Å². The molecule has 0 aromatic heterocycles. The van der Waals surface area contributed by atoms with E-state index in [1.807, 2.05) is 6.92 Å². The van der Waals surface area contributed by atoms with Crippen molar-refractivity contribution in [3.63, 3.8) is 0 Å². The Labute approximate surface area is 89.0 Å². The first-order valence-corrected chi connectivity index (χ1v) is 5.10. The van der Waals surface area contributed by atoms with Crippen LogP contribution in [0.3, 0.4) is 0 Å². The first-order chi connectivity index (χ1) is 7.07. The van der Waals surface area contributed by atoms with Gasteiger partial charge in [-0.15, -0.1) is 0 Å². The molecule has 1 fully saturated rings. The molecular weight excluding hydrogens is 198 g/mol. The highest BCUT2D eigenvalue weighted by Gasteiger charge is 2.35. The topological polar surface area (TPSA) is 66.8 Å². The normalized spacial score (nSPS) is 17.2. The molecule has 86 valence electrons. The number of aliphatic carboxylic acids is 1. The molecule has 5 heteroatoms. The lowest BCUT2D eigenvalue weighted by molar-refractivity contribution is -0.157. The second kappa shape index (κ2) is 5.11. The predicted molar refractivity (Wildman–Crippen MR) is 53.4 cm³/mol. The van der Waals surface area contributed by atoms with Crippen molar-refractivity contribution < 1.29 is 19.4 Å². The third-order valence-corrected chi connectivity index (χ3v) is 2.78. The zero-order valence-electron chi connectivity index (χ0n) is 9.10. The van der Waals surface area contributed by atoms with Crippen LogP contribution in [0, 0.1) is 5.92 Å². The summed E-state index contributed by atoms with van der Waals surface area (Å²) < 4.78 is 4.87. The summed E-state index contributed by atoms with van der Waals surface area (Å²) in [6.45, 7) is 2.61. The molecule has 1 aliphatic carbocycles. The van der Waals surface area contributed by atoms with Gasteiger partial charge in [0.1, 0.15) is 0 Å². The smallest absolute Gasteiger partial charge is 0.394 e. The minimum absolute atomic E-state index is 0.00347. The summed E-state index contributed by atoms with van der Waals surface area (Å²) in [7, 11) is 1.53. The molecule has 1 saturated carbocycles. The van der Waals surface area contributed by atoms with Crippen LogP contribution in [0.5, 0.6) is 0 Å². The van der Waals surface area contributed by atoms with E-state index in [4.69, 9.17) is 9.84 Å². The first kappa shape index (κ1) is 12.0. The van der Waals surface area contributed by atoms with Gasteiger partial charge in [-0.1, -0.05) is 0 Å². The fraction of sp³-hybridized carbons (Fsp3) is 0.800. The predicted octanol–water partition coefficient (Wildman–Crippen LogP) is 0.344. The van der Waals surface area contributed by atoms with E-state index >= 15 is 0 Å². The third kappa shape index (κ3) is 3.20. The largest absolute Gasteiger partial charge is 0.474 e. The molecule has 1 atom stereocenters. The lowest BCUT2D eigenvalue weighted by Gasteiger charge is -2.27. The van der Waals surface area contributed by atoms with E-state index in [-0.39, 0.29) is 6.04 Å². The Morgan fingerprint density at radius 3 is 2.53 bits per heavy atom. The number of carboxylic acid groups (broad SMARTS) is 1. The number of amides is 1. The number of carbonyl (C=O) groups excluding carboxylic acids is 1. The quantitative estimate of drug-likeness (QED) is 0.672. The number of hydrogen-bond acceptors (Lipinski definition) is 3. The average Bonchev–Trinajstić information content (AvgIpc) is 3.00. The van der Waals surface area contributed by atoms with E-state index in [0.717, 1.165) is 12.8 Å². The summed E-state index contributed by atoms with van der Waals surface area (Å²) in [4.78, 5) is 23.4. The van der Waals surface area contributed by atoms with Gasteiger partial charge in [0.15, 0.2) is 0 Å². The highest BCUT2D eigenvalue weighted by atomic mass is 16.5. The molecule has 0 bridgehead atoms. The van der Waals surface area contributed by atoms with E-state index in [2.05, 4.69) is 0 Å². The maximum atomic E-state index is 11.4. The molecule has 0 radical (unpaired) electrons. The van der Waals surface area contributed by atoms with Crippen LogP contribution in [-0.2, 0) is 14.3 Å². The van der Waals surface area contributed by atoms with Crippen molar-refractivity contribution in [2.24, 2.45) is 5.92 Å². The molecule has 0 heterocycles. The molecule has 0 saturated heterocycles. The minimum Gasteiger partial charge on any atom is -0.474 e. The van der Waals surface area contributed by atoms with Gasteiger partial charge in [0, 0.05) is 19.7 Å². The molecule has 0 aromatic carbocycles. The summed E-state index contributed by atoms with van der Waals surface area (Å²) in [6.07, 6.45) is 2.16. The standard InChI is InChI=1S/C10H17NO4/c1-7(8-3-4-8)11(5-6-15-2)9(12)10(13)14/h7-8H,3-6H2,1-2H3,(H,13,14). The average molecular weight is 215 g/mol. The Morgan fingerprint density at radius 1 is 1.53 bits per heavy atom. The maximum absolute atomic E-state index is 11.4. The molecule has 0 aromatic rings. The number of carboxylic acids is 1. The van der Waals surface area contributed by atoms with Crippen LogP contribution in [0.1, 0.15) is 19.8 Å². The Bertz CT molecular complexity index is 250. The van der Waals surface area contributed by atoms with Gasteiger partial charge < -0.3 is 14.7 Å². The number of nitrogens with zero attached hydrogens (tertiary/aromatic N) is 1. The van der Waals surface area contributed by atoms with Gasteiger partial charge in [-0.25, -0.2) is 4.79 Å². The van der Waals surface area contributed by atoms with Crippen LogP contribution in [-0.4, -0.2) is 48.2 Å². The van der Waals surface area contributed by atoms with Crippen molar-refractivity contribution in [1.82, 2.24) is 4.90 Å².